The third-order valence-electron chi connectivity index (χ3n) is 14.0. The Balaban J connectivity index is 1.30. The predicted octanol–water partition coefficient (Wildman–Crippen LogP) is 11.1. The molecule has 0 atom stereocenters. The van der Waals surface area contributed by atoms with Gasteiger partial charge in [-0.1, -0.05) is 67.6 Å². The Morgan fingerprint density at radius 1 is 0.400 bits per heavy atom. The number of ether oxygens (including phenoxy) is 2. The Morgan fingerprint density at radius 2 is 0.693 bits per heavy atom. The monoisotopic (exact) mass is 1020 g/mol. The summed E-state index contributed by atoms with van der Waals surface area (Å²) in [6, 6.07) is 32.7. The summed E-state index contributed by atoms with van der Waals surface area (Å²) < 4.78 is 12.0. The van der Waals surface area contributed by atoms with E-state index in [4.69, 9.17) is 9.47 Å². The van der Waals surface area contributed by atoms with Crippen molar-refractivity contribution >= 4 is 52.1 Å². The highest BCUT2D eigenvalue weighted by Gasteiger charge is 2.35. The molecule has 0 saturated heterocycles. The van der Waals surface area contributed by atoms with Crippen molar-refractivity contribution in [3.05, 3.63) is 177 Å². The molecular formula is C61H67N3O11. The molecule has 75 heavy (non-hydrogen) atoms. The minimum absolute atomic E-state index is 0.0177. The molecule has 0 saturated carbocycles. The van der Waals surface area contributed by atoms with Crippen LogP contribution in [0, 0.1) is 5.41 Å². The number of Topliss-reactive ketones (excluding diaryl/α,β-unsaturated/α-hetero) is 1. The van der Waals surface area contributed by atoms with Crippen LogP contribution in [-0.4, -0.2) is 103 Å². The van der Waals surface area contributed by atoms with Crippen LogP contribution in [0.4, 0.5) is 17.1 Å². The standard InChI is InChI=1S/C61H67N3O11/c1-8-61(34-33-52(65)43-21-15-16-22-44(43)56(69)49-30-27-40(35-53(49)66)62(9-2)10-3,38-74-59(72)47-25-19-17-23-45(47)57(70)50-31-28-41(36-54(50)67)63(11-4)12-5)39-75-60(73)48-26-20-18-24-46(48)58(71)51-32-29-42(37-55(51)68)64(13-6)14-7/h15-32,35-37,66-68H,8-14,33-34,38-39H2,1-7H3. The smallest absolute Gasteiger partial charge is 0.338 e. The fraction of sp³-hybridized carbons (Fsp3) is 0.311. The van der Waals surface area contributed by atoms with E-state index in [2.05, 4.69) is 0 Å². The van der Waals surface area contributed by atoms with Gasteiger partial charge in [0.25, 0.3) is 0 Å². The Morgan fingerprint density at radius 3 is 0.987 bits per heavy atom. The molecule has 0 aliphatic heterocycles. The summed E-state index contributed by atoms with van der Waals surface area (Å²) in [6.07, 6.45) is -0.0550. The molecule has 0 fully saturated rings. The molecule has 6 aromatic carbocycles. The van der Waals surface area contributed by atoms with E-state index in [1.165, 1.54) is 72.8 Å². The van der Waals surface area contributed by atoms with E-state index in [0.717, 1.165) is 17.1 Å². The zero-order valence-corrected chi connectivity index (χ0v) is 43.9. The number of anilines is 3. The molecule has 3 N–H and O–H groups in total. The third-order valence-corrected chi connectivity index (χ3v) is 14.0. The van der Waals surface area contributed by atoms with Gasteiger partial charge in [0.1, 0.15) is 30.5 Å². The molecule has 0 radical (unpaired) electrons. The van der Waals surface area contributed by atoms with Crippen LogP contribution in [0.15, 0.2) is 127 Å². The Hall–Kier alpha value is -8.26. The molecule has 0 aliphatic carbocycles. The first-order valence-electron chi connectivity index (χ1n) is 25.6. The zero-order chi connectivity index (χ0) is 54.4. The Kier molecular flexibility index (Phi) is 19.1. The fourth-order valence-corrected chi connectivity index (χ4v) is 9.24. The molecule has 6 rings (SSSR count). The number of phenolic OH excluding ortho intramolecular Hbond substituents is 3. The lowest BCUT2D eigenvalue weighted by Gasteiger charge is -2.32. The van der Waals surface area contributed by atoms with E-state index >= 15 is 0 Å². The van der Waals surface area contributed by atoms with E-state index in [-0.39, 0.29) is 86.6 Å². The zero-order valence-electron chi connectivity index (χ0n) is 43.9. The molecule has 0 aromatic heterocycles. The number of esters is 2. The van der Waals surface area contributed by atoms with E-state index < -0.39 is 53.7 Å². The molecule has 6 aromatic rings. The second kappa shape index (κ2) is 25.6. The molecule has 392 valence electrons. The molecule has 0 aliphatic rings. The van der Waals surface area contributed by atoms with E-state index in [1.54, 1.807) is 61.5 Å². The van der Waals surface area contributed by atoms with E-state index in [9.17, 15) is 44.1 Å². The van der Waals surface area contributed by atoms with Gasteiger partial charge in [0.05, 0.1) is 27.8 Å². The van der Waals surface area contributed by atoms with Gasteiger partial charge in [-0.3, -0.25) is 19.2 Å². The average molecular weight is 1020 g/mol. The molecule has 0 amide bonds. The number of hydrogen-bond acceptors (Lipinski definition) is 14. The summed E-state index contributed by atoms with van der Waals surface area (Å²) in [7, 11) is 0. The third kappa shape index (κ3) is 12.7. The second-order valence-electron chi connectivity index (χ2n) is 18.2. The van der Waals surface area contributed by atoms with Gasteiger partial charge in [0.15, 0.2) is 23.1 Å². The molecule has 0 bridgehead atoms. The maximum Gasteiger partial charge on any atom is 0.338 e. The maximum absolute atomic E-state index is 14.4. The highest BCUT2D eigenvalue weighted by molar-refractivity contribution is 6.18. The van der Waals surface area contributed by atoms with Crippen LogP contribution in [0.3, 0.4) is 0 Å². The molecule has 0 spiro atoms. The van der Waals surface area contributed by atoms with Crippen LogP contribution in [0.25, 0.3) is 0 Å². The lowest BCUT2D eigenvalue weighted by molar-refractivity contribution is -0.0106. The minimum Gasteiger partial charge on any atom is -0.507 e. The number of hydrogen-bond donors (Lipinski definition) is 3. The van der Waals surface area contributed by atoms with Crippen molar-refractivity contribution in [2.45, 2.75) is 67.7 Å². The van der Waals surface area contributed by atoms with Crippen molar-refractivity contribution in [3.63, 3.8) is 0 Å². The van der Waals surface area contributed by atoms with Gasteiger partial charge in [0.2, 0.25) is 0 Å². The number of benzene rings is 6. The van der Waals surface area contributed by atoms with Crippen LogP contribution < -0.4 is 14.7 Å². The van der Waals surface area contributed by atoms with Crippen LogP contribution in [0.1, 0.15) is 147 Å². The van der Waals surface area contributed by atoms with Gasteiger partial charge in [-0.15, -0.1) is 0 Å². The van der Waals surface area contributed by atoms with Crippen molar-refractivity contribution in [1.82, 2.24) is 0 Å². The van der Waals surface area contributed by atoms with Crippen molar-refractivity contribution in [2.24, 2.45) is 5.41 Å². The highest BCUT2D eigenvalue weighted by atomic mass is 16.5. The molecule has 14 heteroatoms. The number of rotatable bonds is 26. The number of carbonyl (C=O) groups excluding carboxylic acids is 6. The molecule has 0 unspecified atom stereocenters. The number of phenols is 3. The summed E-state index contributed by atoms with van der Waals surface area (Å²) in [4.78, 5) is 91.0. The first-order valence-corrected chi connectivity index (χ1v) is 25.6. The topological polar surface area (TPSA) is 191 Å². The number of nitrogens with zero attached hydrogens (tertiary/aromatic N) is 3. The summed E-state index contributed by atoms with van der Waals surface area (Å²) in [6.45, 7) is 16.9. The van der Waals surface area contributed by atoms with Crippen LogP contribution in [-0.2, 0) is 9.47 Å². The van der Waals surface area contributed by atoms with E-state index in [1.807, 2.05) is 56.2 Å². The first kappa shape index (κ1) is 56.0. The largest absolute Gasteiger partial charge is 0.507 e. The van der Waals surface area contributed by atoms with Crippen molar-refractivity contribution in [3.8, 4) is 17.2 Å². The van der Waals surface area contributed by atoms with Crippen molar-refractivity contribution in [2.75, 3.05) is 67.2 Å². The number of ketones is 4. The molecule has 14 nitrogen and oxygen atoms in total. The lowest BCUT2D eigenvalue weighted by Crippen LogP contribution is -2.35. The Labute approximate surface area is 439 Å². The normalized spacial score (nSPS) is 11.1. The van der Waals surface area contributed by atoms with Crippen LogP contribution in [0.2, 0.25) is 0 Å². The Bertz CT molecular complexity index is 2720. The first-order chi connectivity index (χ1) is 36.1. The summed E-state index contributed by atoms with van der Waals surface area (Å²) >= 11 is 0. The molecule has 0 heterocycles. The fourth-order valence-electron chi connectivity index (χ4n) is 9.24. The second-order valence-corrected chi connectivity index (χ2v) is 18.2. The summed E-state index contributed by atoms with van der Waals surface area (Å²) in [5.41, 5.74) is 0.843. The predicted molar refractivity (Wildman–Crippen MR) is 291 cm³/mol. The SMILES string of the molecule is CCN(CC)c1ccc(C(=O)c2ccccc2C(=O)CCC(CC)(COC(=O)c2ccccc2C(=O)c2ccc(N(CC)CC)cc2O)COC(=O)c2ccccc2C(=O)c2ccc(N(CC)CC)cc2O)c(O)c1. The lowest BCUT2D eigenvalue weighted by atomic mass is 9.80. The van der Waals surface area contributed by atoms with Crippen molar-refractivity contribution < 1.29 is 53.6 Å². The summed E-state index contributed by atoms with van der Waals surface area (Å²) in [5, 5.41) is 33.1. The van der Waals surface area contributed by atoms with Gasteiger partial charge in [-0.05, 0) is 103 Å². The quantitative estimate of drug-likeness (QED) is 0.0343. The summed E-state index contributed by atoms with van der Waals surface area (Å²) in [5.74, 6) is -4.77. The van der Waals surface area contributed by atoms with Gasteiger partial charge in [0, 0.05) is 109 Å². The number of carbonyl (C=O) groups is 6. The number of aromatic hydroxyl groups is 3. The maximum atomic E-state index is 14.4. The van der Waals surface area contributed by atoms with Gasteiger partial charge >= 0.3 is 11.9 Å². The average Bonchev–Trinajstić information content (AvgIpc) is 3.43. The van der Waals surface area contributed by atoms with Gasteiger partial charge < -0.3 is 39.5 Å². The molecular weight excluding hydrogens is 951 g/mol. The minimum atomic E-state index is -1.26. The van der Waals surface area contributed by atoms with Gasteiger partial charge in [-0.2, -0.15) is 0 Å². The van der Waals surface area contributed by atoms with Crippen LogP contribution in [0.5, 0.6) is 17.2 Å². The van der Waals surface area contributed by atoms with Gasteiger partial charge in [-0.25, -0.2) is 9.59 Å². The van der Waals surface area contributed by atoms with Crippen molar-refractivity contribution in [1.29, 1.82) is 0 Å². The van der Waals surface area contributed by atoms with Crippen LogP contribution >= 0.6 is 0 Å². The van der Waals surface area contributed by atoms with E-state index in [0.29, 0.717) is 39.3 Å². The highest BCUT2D eigenvalue weighted by Crippen LogP contribution is 2.35.